The van der Waals surface area contributed by atoms with Gasteiger partial charge in [0, 0.05) is 6.54 Å². The predicted octanol–water partition coefficient (Wildman–Crippen LogP) is 2.82. The number of halogens is 2. The first-order valence-electron chi connectivity index (χ1n) is 5.25. The fourth-order valence-electron chi connectivity index (χ4n) is 1.66. The predicted molar refractivity (Wildman–Crippen MR) is 65.5 cm³/mol. The zero-order valence-corrected chi connectivity index (χ0v) is 10.3. The third-order valence-electron chi connectivity index (χ3n) is 2.61. The van der Waals surface area contributed by atoms with Crippen molar-refractivity contribution in [2.75, 3.05) is 23.4 Å². The molecule has 1 aliphatic heterocycles. The Labute approximate surface area is 103 Å². The minimum absolute atomic E-state index is 0.0723. The number of aromatic nitrogens is 2. The van der Waals surface area contributed by atoms with E-state index < -0.39 is 5.82 Å². The summed E-state index contributed by atoms with van der Waals surface area (Å²) in [5.74, 6) is 2.75. The van der Waals surface area contributed by atoms with Gasteiger partial charge < -0.3 is 5.32 Å². The van der Waals surface area contributed by atoms with Crippen LogP contribution in [0.4, 0.5) is 10.2 Å². The van der Waals surface area contributed by atoms with Gasteiger partial charge in [0.2, 0.25) is 5.28 Å². The average molecular weight is 262 g/mol. The van der Waals surface area contributed by atoms with Crippen LogP contribution in [0.15, 0.2) is 6.20 Å². The summed E-state index contributed by atoms with van der Waals surface area (Å²) in [6, 6.07) is 0. The van der Waals surface area contributed by atoms with Crippen LogP contribution >= 0.6 is 23.4 Å². The van der Waals surface area contributed by atoms with E-state index in [-0.39, 0.29) is 11.1 Å². The Hall–Kier alpha value is -0.550. The van der Waals surface area contributed by atoms with Crippen LogP contribution in [0.2, 0.25) is 5.28 Å². The molecule has 88 valence electrons. The lowest BCUT2D eigenvalue weighted by molar-refractivity contribution is 0.512. The molecule has 1 fully saturated rings. The minimum Gasteiger partial charge on any atom is -0.367 e. The van der Waals surface area contributed by atoms with Gasteiger partial charge >= 0.3 is 0 Å². The van der Waals surface area contributed by atoms with Crippen LogP contribution in [0.1, 0.15) is 12.8 Å². The van der Waals surface area contributed by atoms with Crippen molar-refractivity contribution in [3.63, 3.8) is 0 Å². The van der Waals surface area contributed by atoms with E-state index in [1.165, 1.54) is 24.3 Å². The van der Waals surface area contributed by atoms with Crippen LogP contribution in [0.25, 0.3) is 0 Å². The van der Waals surface area contributed by atoms with Crippen molar-refractivity contribution in [3.05, 3.63) is 17.3 Å². The van der Waals surface area contributed by atoms with Gasteiger partial charge in [-0.1, -0.05) is 0 Å². The number of rotatable bonds is 3. The van der Waals surface area contributed by atoms with Crippen molar-refractivity contribution in [3.8, 4) is 0 Å². The Bertz CT molecular complexity index is 358. The van der Waals surface area contributed by atoms with Crippen molar-refractivity contribution in [2.45, 2.75) is 12.8 Å². The Morgan fingerprint density at radius 2 is 2.25 bits per heavy atom. The summed E-state index contributed by atoms with van der Waals surface area (Å²) < 4.78 is 13.3. The highest BCUT2D eigenvalue weighted by atomic mass is 35.5. The Kier molecular flexibility index (Phi) is 4.23. The first kappa shape index (κ1) is 11.9. The molecule has 1 aromatic rings. The molecule has 0 bridgehead atoms. The second kappa shape index (κ2) is 5.68. The highest BCUT2D eigenvalue weighted by Gasteiger charge is 2.14. The lowest BCUT2D eigenvalue weighted by atomic mass is 10.0. The lowest BCUT2D eigenvalue weighted by Crippen LogP contribution is -2.20. The van der Waals surface area contributed by atoms with E-state index in [1.54, 1.807) is 0 Å². The molecule has 0 saturated carbocycles. The average Bonchev–Trinajstić information content (AvgIpc) is 2.32. The topological polar surface area (TPSA) is 37.8 Å². The van der Waals surface area contributed by atoms with E-state index in [0.29, 0.717) is 5.92 Å². The molecule has 0 aromatic carbocycles. The largest absolute Gasteiger partial charge is 0.367 e. The second-order valence-corrected chi connectivity index (χ2v) is 5.34. The van der Waals surface area contributed by atoms with Crippen molar-refractivity contribution >= 4 is 29.2 Å². The highest BCUT2D eigenvalue weighted by Crippen LogP contribution is 2.23. The van der Waals surface area contributed by atoms with Gasteiger partial charge in [-0.05, 0) is 41.9 Å². The van der Waals surface area contributed by atoms with Crippen LogP contribution < -0.4 is 5.32 Å². The number of hydrogen-bond acceptors (Lipinski definition) is 4. The van der Waals surface area contributed by atoms with E-state index in [9.17, 15) is 4.39 Å². The molecule has 0 aliphatic carbocycles. The maximum atomic E-state index is 13.3. The number of anilines is 1. The van der Waals surface area contributed by atoms with Gasteiger partial charge in [-0.2, -0.15) is 16.7 Å². The Balaban J connectivity index is 1.90. The van der Waals surface area contributed by atoms with Gasteiger partial charge in [-0.15, -0.1) is 0 Å². The molecule has 2 heterocycles. The molecule has 1 aliphatic rings. The van der Waals surface area contributed by atoms with Crippen molar-refractivity contribution in [2.24, 2.45) is 5.92 Å². The lowest BCUT2D eigenvalue weighted by Gasteiger charge is -2.21. The van der Waals surface area contributed by atoms with Crippen molar-refractivity contribution in [1.29, 1.82) is 0 Å². The van der Waals surface area contributed by atoms with Crippen LogP contribution in [0.3, 0.4) is 0 Å². The SMILES string of the molecule is Fc1cnc(Cl)nc1NCC1CCSCC1. The molecular formula is C10H13ClFN3S. The first-order chi connectivity index (χ1) is 7.75. The van der Waals surface area contributed by atoms with Gasteiger partial charge in [0.05, 0.1) is 6.20 Å². The Morgan fingerprint density at radius 1 is 1.50 bits per heavy atom. The molecule has 3 nitrogen and oxygen atoms in total. The van der Waals surface area contributed by atoms with E-state index >= 15 is 0 Å². The Morgan fingerprint density at radius 3 is 3.00 bits per heavy atom. The summed E-state index contributed by atoms with van der Waals surface area (Å²) in [4.78, 5) is 7.39. The molecule has 0 atom stereocenters. The first-order valence-corrected chi connectivity index (χ1v) is 6.78. The number of nitrogens with one attached hydrogen (secondary N) is 1. The third-order valence-corrected chi connectivity index (χ3v) is 3.84. The summed E-state index contributed by atoms with van der Waals surface area (Å²) in [6.45, 7) is 0.755. The molecule has 0 radical (unpaired) electrons. The normalized spacial score (nSPS) is 17.4. The molecule has 6 heteroatoms. The van der Waals surface area contributed by atoms with E-state index in [0.717, 1.165) is 12.7 Å². The number of nitrogens with zero attached hydrogens (tertiary/aromatic N) is 2. The highest BCUT2D eigenvalue weighted by molar-refractivity contribution is 7.99. The number of thioether (sulfide) groups is 1. The summed E-state index contributed by atoms with van der Waals surface area (Å²) in [5.41, 5.74) is 0. The summed E-state index contributed by atoms with van der Waals surface area (Å²) >= 11 is 7.58. The van der Waals surface area contributed by atoms with Gasteiger partial charge in [0.25, 0.3) is 0 Å². The van der Waals surface area contributed by atoms with Crippen molar-refractivity contribution < 1.29 is 4.39 Å². The molecule has 1 N–H and O–H groups in total. The molecule has 16 heavy (non-hydrogen) atoms. The van der Waals surface area contributed by atoms with E-state index in [2.05, 4.69) is 15.3 Å². The van der Waals surface area contributed by atoms with E-state index in [1.807, 2.05) is 11.8 Å². The van der Waals surface area contributed by atoms with Crippen LogP contribution in [-0.4, -0.2) is 28.0 Å². The van der Waals surface area contributed by atoms with E-state index in [4.69, 9.17) is 11.6 Å². The molecule has 0 spiro atoms. The molecule has 0 unspecified atom stereocenters. The monoisotopic (exact) mass is 261 g/mol. The summed E-state index contributed by atoms with van der Waals surface area (Å²) in [5, 5.41) is 3.08. The zero-order valence-electron chi connectivity index (χ0n) is 8.75. The van der Waals surface area contributed by atoms with Gasteiger partial charge in [0.1, 0.15) is 0 Å². The minimum atomic E-state index is -0.449. The molecule has 0 amide bonds. The zero-order chi connectivity index (χ0) is 11.4. The molecule has 2 rings (SSSR count). The maximum Gasteiger partial charge on any atom is 0.224 e. The maximum absolute atomic E-state index is 13.3. The molecular weight excluding hydrogens is 249 g/mol. The van der Waals surface area contributed by atoms with Crippen molar-refractivity contribution in [1.82, 2.24) is 9.97 Å². The van der Waals surface area contributed by atoms with Crippen LogP contribution in [-0.2, 0) is 0 Å². The standard InChI is InChI=1S/C10H13ClFN3S/c11-10-14-6-8(12)9(15-10)13-5-7-1-3-16-4-2-7/h6-7H,1-5H2,(H,13,14,15). The molecule has 1 saturated heterocycles. The smallest absolute Gasteiger partial charge is 0.224 e. The summed E-state index contributed by atoms with van der Waals surface area (Å²) in [7, 11) is 0. The number of hydrogen-bond donors (Lipinski definition) is 1. The molecule has 1 aromatic heterocycles. The quantitative estimate of drug-likeness (QED) is 0.849. The van der Waals surface area contributed by atoms with Gasteiger partial charge in [-0.3, -0.25) is 0 Å². The van der Waals surface area contributed by atoms with Crippen LogP contribution in [0.5, 0.6) is 0 Å². The van der Waals surface area contributed by atoms with Crippen LogP contribution in [0, 0.1) is 11.7 Å². The van der Waals surface area contributed by atoms with Gasteiger partial charge in [0.15, 0.2) is 11.6 Å². The fraction of sp³-hybridized carbons (Fsp3) is 0.600. The fourth-order valence-corrected chi connectivity index (χ4v) is 3.00. The second-order valence-electron chi connectivity index (χ2n) is 3.77. The van der Waals surface area contributed by atoms with Gasteiger partial charge in [-0.25, -0.2) is 9.37 Å². The third kappa shape index (κ3) is 3.22. The summed E-state index contributed by atoms with van der Waals surface area (Å²) in [6.07, 6.45) is 3.45.